The van der Waals surface area contributed by atoms with Gasteiger partial charge in [0.15, 0.2) is 11.6 Å². The van der Waals surface area contributed by atoms with Gasteiger partial charge in [0.2, 0.25) is 0 Å². The Bertz CT molecular complexity index is 424. The van der Waals surface area contributed by atoms with Crippen LogP contribution in [0.2, 0.25) is 0 Å². The van der Waals surface area contributed by atoms with Gasteiger partial charge in [-0.05, 0) is 25.3 Å². The molecule has 3 rings (SSSR count). The first-order valence-electron chi connectivity index (χ1n) is 6.06. The van der Waals surface area contributed by atoms with Crippen molar-refractivity contribution in [3.63, 3.8) is 0 Å². The molecule has 2 fully saturated rings. The van der Waals surface area contributed by atoms with Gasteiger partial charge in [-0.1, -0.05) is 12.1 Å². The molecule has 2 nitrogen and oxygen atoms in total. The normalized spacial score (nSPS) is 31.1. The Morgan fingerprint density at radius 3 is 2.88 bits per heavy atom. The minimum atomic E-state index is -0.784. The van der Waals surface area contributed by atoms with E-state index in [1.807, 2.05) is 0 Å². The summed E-state index contributed by atoms with van der Waals surface area (Å²) >= 11 is 0. The van der Waals surface area contributed by atoms with E-state index >= 15 is 0 Å². The molecule has 0 saturated carbocycles. The first-order valence-corrected chi connectivity index (χ1v) is 6.06. The number of ether oxygens (including phenoxy) is 1. The van der Waals surface area contributed by atoms with Gasteiger partial charge in [-0.2, -0.15) is 0 Å². The largest absolute Gasteiger partial charge is 0.373 e. The highest BCUT2D eigenvalue weighted by Crippen LogP contribution is 2.34. The number of hydrogen-bond donors (Lipinski definition) is 1. The minimum Gasteiger partial charge on any atom is -0.373 e. The number of nitrogens with one attached hydrogen (secondary N) is 1. The van der Waals surface area contributed by atoms with Gasteiger partial charge in [-0.15, -0.1) is 0 Å². The van der Waals surface area contributed by atoms with Gasteiger partial charge in [-0.25, -0.2) is 8.78 Å². The molecule has 0 aliphatic carbocycles. The Balaban J connectivity index is 1.62. The topological polar surface area (TPSA) is 21.3 Å². The number of fused-ring (bicyclic) bond motifs is 2. The van der Waals surface area contributed by atoms with Crippen LogP contribution in [0.15, 0.2) is 18.2 Å². The van der Waals surface area contributed by atoms with Gasteiger partial charge in [0.05, 0.1) is 12.2 Å². The molecule has 4 heteroatoms. The zero-order valence-electron chi connectivity index (χ0n) is 9.46. The van der Waals surface area contributed by atoms with Crippen LogP contribution in [0.3, 0.4) is 0 Å². The Hall–Kier alpha value is -1.00. The Morgan fingerprint density at radius 1 is 1.29 bits per heavy atom. The smallest absolute Gasteiger partial charge is 0.163 e. The van der Waals surface area contributed by atoms with Gasteiger partial charge in [0, 0.05) is 18.2 Å². The van der Waals surface area contributed by atoms with E-state index < -0.39 is 11.6 Å². The lowest BCUT2D eigenvalue weighted by atomic mass is 9.95. The molecule has 3 unspecified atom stereocenters. The highest BCUT2D eigenvalue weighted by Gasteiger charge is 2.40. The average Bonchev–Trinajstić information content (AvgIpc) is 2.93. The molecule has 0 spiro atoms. The van der Waals surface area contributed by atoms with Gasteiger partial charge in [0.25, 0.3) is 0 Å². The van der Waals surface area contributed by atoms with E-state index in [-0.39, 0.29) is 12.1 Å². The zero-order valence-corrected chi connectivity index (χ0v) is 9.46. The van der Waals surface area contributed by atoms with Crippen molar-refractivity contribution >= 4 is 0 Å². The lowest BCUT2D eigenvalue weighted by molar-refractivity contribution is 0.0972. The van der Waals surface area contributed by atoms with E-state index in [1.165, 1.54) is 6.07 Å². The molecule has 1 aromatic carbocycles. The lowest BCUT2D eigenvalue weighted by Crippen LogP contribution is -2.37. The van der Waals surface area contributed by atoms with E-state index in [4.69, 9.17) is 4.74 Å². The lowest BCUT2D eigenvalue weighted by Gasteiger charge is -2.20. The molecule has 2 saturated heterocycles. The molecule has 3 atom stereocenters. The number of halogens is 2. The van der Waals surface area contributed by atoms with Crippen molar-refractivity contribution in [2.45, 2.75) is 44.1 Å². The summed E-state index contributed by atoms with van der Waals surface area (Å²) in [6.07, 6.45) is 3.83. The van der Waals surface area contributed by atoms with Gasteiger partial charge >= 0.3 is 0 Å². The second-order valence-electron chi connectivity index (χ2n) is 4.81. The molecule has 1 N–H and O–H groups in total. The second kappa shape index (κ2) is 4.35. The molecule has 0 amide bonds. The van der Waals surface area contributed by atoms with Crippen LogP contribution in [0, 0.1) is 11.6 Å². The molecule has 0 radical (unpaired) electrons. The number of rotatable bonds is 3. The maximum Gasteiger partial charge on any atom is 0.163 e. The van der Waals surface area contributed by atoms with Crippen molar-refractivity contribution in [1.29, 1.82) is 0 Å². The fourth-order valence-corrected chi connectivity index (χ4v) is 2.78. The summed E-state index contributed by atoms with van der Waals surface area (Å²) in [5.74, 6) is -1.53. The van der Waals surface area contributed by atoms with Gasteiger partial charge < -0.3 is 10.1 Å². The van der Waals surface area contributed by atoms with Crippen molar-refractivity contribution in [3.05, 3.63) is 35.4 Å². The van der Waals surface area contributed by atoms with Crippen LogP contribution >= 0.6 is 0 Å². The van der Waals surface area contributed by atoms with E-state index in [2.05, 4.69) is 5.32 Å². The second-order valence-corrected chi connectivity index (χ2v) is 4.81. The first kappa shape index (κ1) is 11.1. The Kier molecular flexibility index (Phi) is 2.84. The SMILES string of the molecule is Fc1cccc(CNC2CC3CCC2O3)c1F. The maximum atomic E-state index is 13.4. The molecule has 0 aromatic heterocycles. The van der Waals surface area contributed by atoms with Crippen LogP contribution in [-0.4, -0.2) is 18.2 Å². The van der Waals surface area contributed by atoms with Crippen molar-refractivity contribution in [2.24, 2.45) is 0 Å². The van der Waals surface area contributed by atoms with Crippen LogP contribution in [0.4, 0.5) is 8.78 Å². The summed E-state index contributed by atoms with van der Waals surface area (Å²) in [7, 11) is 0. The third-order valence-electron chi connectivity index (χ3n) is 3.69. The third kappa shape index (κ3) is 2.07. The third-order valence-corrected chi connectivity index (χ3v) is 3.69. The summed E-state index contributed by atoms with van der Waals surface area (Å²) < 4.78 is 32.1. The molecule has 1 aromatic rings. The molecule has 2 heterocycles. The number of benzene rings is 1. The van der Waals surface area contributed by atoms with Crippen LogP contribution in [0.1, 0.15) is 24.8 Å². The predicted molar refractivity (Wildman–Crippen MR) is 59.5 cm³/mol. The highest BCUT2D eigenvalue weighted by atomic mass is 19.2. The highest BCUT2D eigenvalue weighted by molar-refractivity contribution is 5.19. The fraction of sp³-hybridized carbons (Fsp3) is 0.538. The molecular formula is C13H15F2NO. The monoisotopic (exact) mass is 239 g/mol. The molecule has 2 aliphatic heterocycles. The van der Waals surface area contributed by atoms with Crippen LogP contribution in [0.5, 0.6) is 0 Å². The predicted octanol–water partition coefficient (Wildman–Crippen LogP) is 2.37. The van der Waals surface area contributed by atoms with Crippen molar-refractivity contribution in [3.8, 4) is 0 Å². The van der Waals surface area contributed by atoms with E-state index in [9.17, 15) is 8.78 Å². The van der Waals surface area contributed by atoms with Crippen molar-refractivity contribution < 1.29 is 13.5 Å². The summed E-state index contributed by atoms with van der Waals surface area (Å²) in [6.45, 7) is 0.362. The molecule has 2 aliphatic rings. The first-order chi connectivity index (χ1) is 8.24. The number of hydrogen-bond acceptors (Lipinski definition) is 2. The van der Waals surface area contributed by atoms with Crippen LogP contribution in [0.25, 0.3) is 0 Å². The zero-order chi connectivity index (χ0) is 11.8. The molecule has 17 heavy (non-hydrogen) atoms. The average molecular weight is 239 g/mol. The van der Waals surface area contributed by atoms with Crippen LogP contribution < -0.4 is 5.32 Å². The van der Waals surface area contributed by atoms with Crippen molar-refractivity contribution in [2.75, 3.05) is 0 Å². The summed E-state index contributed by atoms with van der Waals surface area (Å²) in [6, 6.07) is 4.57. The summed E-state index contributed by atoms with van der Waals surface area (Å²) in [5.41, 5.74) is 0.382. The van der Waals surface area contributed by atoms with Crippen LogP contribution in [-0.2, 0) is 11.3 Å². The fourth-order valence-electron chi connectivity index (χ4n) is 2.78. The van der Waals surface area contributed by atoms with Crippen molar-refractivity contribution in [1.82, 2.24) is 5.32 Å². The Labute approximate surface area is 99.0 Å². The van der Waals surface area contributed by atoms with E-state index in [1.54, 1.807) is 6.07 Å². The standard InChI is InChI=1S/C13H15F2NO/c14-10-3-1-2-8(13(10)15)7-16-11-6-9-4-5-12(11)17-9/h1-3,9,11-12,16H,4-7H2. The van der Waals surface area contributed by atoms with Gasteiger partial charge in [-0.3, -0.25) is 0 Å². The van der Waals surface area contributed by atoms with Gasteiger partial charge in [0.1, 0.15) is 0 Å². The van der Waals surface area contributed by atoms with E-state index in [0.29, 0.717) is 18.2 Å². The molecular weight excluding hydrogens is 224 g/mol. The minimum absolute atomic E-state index is 0.261. The summed E-state index contributed by atoms with van der Waals surface area (Å²) in [5, 5.41) is 3.27. The maximum absolute atomic E-state index is 13.4. The summed E-state index contributed by atoms with van der Waals surface area (Å²) in [4.78, 5) is 0. The molecule has 92 valence electrons. The quantitative estimate of drug-likeness (QED) is 0.874. The Morgan fingerprint density at radius 2 is 2.18 bits per heavy atom. The van der Waals surface area contributed by atoms with E-state index in [0.717, 1.165) is 25.3 Å². The molecule has 2 bridgehead atoms.